The fourth-order valence-electron chi connectivity index (χ4n) is 1.45. The van der Waals surface area contributed by atoms with E-state index in [9.17, 15) is 0 Å². The first-order valence-electron chi connectivity index (χ1n) is 6.14. The minimum Gasteiger partial charge on any atom is -0.489 e. The van der Waals surface area contributed by atoms with Crippen LogP contribution in [0.2, 0.25) is 0 Å². The number of nitrogens with one attached hydrogen (secondary N) is 1. The molecular formula is C14H23NO. The summed E-state index contributed by atoms with van der Waals surface area (Å²) in [6.07, 6.45) is 1.44. The molecule has 90 valence electrons. The third-order valence-corrected chi connectivity index (χ3v) is 2.70. The summed E-state index contributed by atoms with van der Waals surface area (Å²) in [4.78, 5) is 0. The highest BCUT2D eigenvalue weighted by molar-refractivity contribution is 5.21. The van der Waals surface area contributed by atoms with Gasteiger partial charge < -0.3 is 10.1 Å². The average molecular weight is 221 g/mol. The lowest BCUT2D eigenvalue weighted by atomic mass is 10.1. The van der Waals surface area contributed by atoms with Crippen LogP contribution in [0.25, 0.3) is 0 Å². The molecule has 0 aliphatic heterocycles. The molecule has 0 spiro atoms. The predicted octanol–water partition coefficient (Wildman–Crippen LogP) is 3.09. The Morgan fingerprint density at radius 3 is 2.44 bits per heavy atom. The normalized spacial score (nSPS) is 14.4. The molecule has 2 atom stereocenters. The maximum atomic E-state index is 5.77. The summed E-state index contributed by atoms with van der Waals surface area (Å²) in [5, 5.41) is 3.43. The van der Waals surface area contributed by atoms with Crippen molar-refractivity contribution in [1.82, 2.24) is 5.32 Å². The van der Waals surface area contributed by atoms with Gasteiger partial charge in [-0.05, 0) is 31.5 Å². The largest absolute Gasteiger partial charge is 0.489 e. The Kier molecular flexibility index (Phi) is 5.94. The van der Waals surface area contributed by atoms with E-state index in [0.717, 1.165) is 24.8 Å². The summed E-state index contributed by atoms with van der Waals surface area (Å²) in [5.41, 5.74) is 0. The molecule has 1 aromatic carbocycles. The molecule has 2 nitrogen and oxygen atoms in total. The summed E-state index contributed by atoms with van der Waals surface area (Å²) in [6, 6.07) is 9.97. The van der Waals surface area contributed by atoms with Gasteiger partial charge in [0.15, 0.2) is 0 Å². The van der Waals surface area contributed by atoms with Crippen LogP contribution in [0.1, 0.15) is 27.2 Å². The summed E-state index contributed by atoms with van der Waals surface area (Å²) in [5.74, 6) is 1.68. The van der Waals surface area contributed by atoms with E-state index < -0.39 is 0 Å². The Bertz CT molecular complexity index is 273. The van der Waals surface area contributed by atoms with Crippen LogP contribution in [-0.4, -0.2) is 19.2 Å². The molecule has 1 rings (SSSR count). The highest BCUT2D eigenvalue weighted by Crippen LogP contribution is 2.10. The average Bonchev–Trinajstić information content (AvgIpc) is 2.30. The molecule has 0 amide bonds. The zero-order valence-electron chi connectivity index (χ0n) is 10.6. The van der Waals surface area contributed by atoms with E-state index in [-0.39, 0.29) is 6.10 Å². The maximum absolute atomic E-state index is 5.77. The zero-order chi connectivity index (χ0) is 11.8. The van der Waals surface area contributed by atoms with Crippen LogP contribution in [0.15, 0.2) is 30.3 Å². The fourth-order valence-corrected chi connectivity index (χ4v) is 1.45. The standard InChI is InChI=1S/C14H23NO/c1-4-12(2)10-15-11-13(3)16-14-8-6-5-7-9-14/h5-9,12-13,15H,4,10-11H2,1-3H3. The van der Waals surface area contributed by atoms with Gasteiger partial charge in [0, 0.05) is 6.54 Å². The van der Waals surface area contributed by atoms with E-state index >= 15 is 0 Å². The molecule has 0 heterocycles. The lowest BCUT2D eigenvalue weighted by Crippen LogP contribution is -2.31. The van der Waals surface area contributed by atoms with Gasteiger partial charge in [-0.2, -0.15) is 0 Å². The number of hydrogen-bond acceptors (Lipinski definition) is 2. The minimum absolute atomic E-state index is 0.214. The fraction of sp³-hybridized carbons (Fsp3) is 0.571. The van der Waals surface area contributed by atoms with Crippen LogP contribution in [-0.2, 0) is 0 Å². The quantitative estimate of drug-likeness (QED) is 0.764. The van der Waals surface area contributed by atoms with Crippen molar-refractivity contribution >= 4 is 0 Å². The molecule has 0 aliphatic carbocycles. The lowest BCUT2D eigenvalue weighted by Gasteiger charge is -2.16. The topological polar surface area (TPSA) is 21.3 Å². The lowest BCUT2D eigenvalue weighted by molar-refractivity contribution is 0.215. The summed E-state index contributed by atoms with van der Waals surface area (Å²) >= 11 is 0. The molecule has 0 aliphatic rings. The number of ether oxygens (including phenoxy) is 1. The van der Waals surface area contributed by atoms with E-state index in [1.807, 2.05) is 30.3 Å². The number of rotatable bonds is 7. The Morgan fingerprint density at radius 1 is 1.12 bits per heavy atom. The molecule has 1 N–H and O–H groups in total. The van der Waals surface area contributed by atoms with Crippen molar-refractivity contribution in [3.8, 4) is 5.75 Å². The van der Waals surface area contributed by atoms with Gasteiger partial charge in [0.1, 0.15) is 11.9 Å². The van der Waals surface area contributed by atoms with E-state index in [1.165, 1.54) is 6.42 Å². The van der Waals surface area contributed by atoms with Crippen molar-refractivity contribution < 1.29 is 4.74 Å². The van der Waals surface area contributed by atoms with Crippen LogP contribution in [0.5, 0.6) is 5.75 Å². The van der Waals surface area contributed by atoms with E-state index in [1.54, 1.807) is 0 Å². The van der Waals surface area contributed by atoms with Crippen LogP contribution in [0.3, 0.4) is 0 Å². The number of hydrogen-bond donors (Lipinski definition) is 1. The molecule has 2 unspecified atom stereocenters. The van der Waals surface area contributed by atoms with Gasteiger partial charge in [0.05, 0.1) is 0 Å². The summed E-state index contributed by atoms with van der Waals surface area (Å²) in [7, 11) is 0. The minimum atomic E-state index is 0.214. The van der Waals surface area contributed by atoms with Crippen LogP contribution >= 0.6 is 0 Å². The maximum Gasteiger partial charge on any atom is 0.119 e. The van der Waals surface area contributed by atoms with Crippen LogP contribution < -0.4 is 10.1 Å². The molecule has 2 heteroatoms. The number of para-hydroxylation sites is 1. The Morgan fingerprint density at radius 2 is 1.81 bits per heavy atom. The molecule has 0 aromatic heterocycles. The summed E-state index contributed by atoms with van der Waals surface area (Å²) in [6.45, 7) is 8.54. The van der Waals surface area contributed by atoms with Crippen LogP contribution in [0, 0.1) is 5.92 Å². The Balaban J connectivity index is 2.19. The molecule has 0 bridgehead atoms. The predicted molar refractivity (Wildman–Crippen MR) is 68.9 cm³/mol. The van der Waals surface area contributed by atoms with Gasteiger partial charge in [-0.1, -0.05) is 38.5 Å². The molecule has 0 saturated carbocycles. The summed E-state index contributed by atoms with van der Waals surface area (Å²) < 4.78 is 5.77. The zero-order valence-corrected chi connectivity index (χ0v) is 10.6. The van der Waals surface area contributed by atoms with Crippen molar-refractivity contribution in [1.29, 1.82) is 0 Å². The Hall–Kier alpha value is -1.02. The second-order valence-corrected chi connectivity index (χ2v) is 4.41. The first-order chi connectivity index (χ1) is 7.72. The molecule has 0 fully saturated rings. The smallest absolute Gasteiger partial charge is 0.119 e. The van der Waals surface area contributed by atoms with Gasteiger partial charge in [-0.15, -0.1) is 0 Å². The first-order valence-corrected chi connectivity index (χ1v) is 6.14. The van der Waals surface area contributed by atoms with Gasteiger partial charge in [0.2, 0.25) is 0 Å². The first kappa shape index (κ1) is 13.0. The van der Waals surface area contributed by atoms with Crippen molar-refractivity contribution in [2.75, 3.05) is 13.1 Å². The van der Waals surface area contributed by atoms with E-state index in [4.69, 9.17) is 4.74 Å². The monoisotopic (exact) mass is 221 g/mol. The SMILES string of the molecule is CCC(C)CNCC(C)Oc1ccccc1. The van der Waals surface area contributed by atoms with E-state index in [2.05, 4.69) is 26.1 Å². The highest BCUT2D eigenvalue weighted by Gasteiger charge is 2.04. The molecule has 16 heavy (non-hydrogen) atoms. The second kappa shape index (κ2) is 7.29. The van der Waals surface area contributed by atoms with Gasteiger partial charge >= 0.3 is 0 Å². The van der Waals surface area contributed by atoms with Crippen molar-refractivity contribution in [2.24, 2.45) is 5.92 Å². The molecule has 0 saturated heterocycles. The van der Waals surface area contributed by atoms with Gasteiger partial charge in [-0.3, -0.25) is 0 Å². The Labute approximate surface area is 99.0 Å². The van der Waals surface area contributed by atoms with Crippen molar-refractivity contribution in [3.05, 3.63) is 30.3 Å². The van der Waals surface area contributed by atoms with Crippen molar-refractivity contribution in [2.45, 2.75) is 33.3 Å². The third kappa shape index (κ3) is 5.17. The third-order valence-electron chi connectivity index (χ3n) is 2.70. The van der Waals surface area contributed by atoms with Crippen LogP contribution in [0.4, 0.5) is 0 Å². The molecular weight excluding hydrogens is 198 g/mol. The highest BCUT2D eigenvalue weighted by atomic mass is 16.5. The molecule has 1 aromatic rings. The van der Waals surface area contributed by atoms with E-state index in [0.29, 0.717) is 0 Å². The second-order valence-electron chi connectivity index (χ2n) is 4.41. The molecule has 0 radical (unpaired) electrons. The van der Waals surface area contributed by atoms with Crippen molar-refractivity contribution in [3.63, 3.8) is 0 Å². The number of benzene rings is 1. The van der Waals surface area contributed by atoms with Gasteiger partial charge in [-0.25, -0.2) is 0 Å². The van der Waals surface area contributed by atoms with Gasteiger partial charge in [0.25, 0.3) is 0 Å².